The topological polar surface area (TPSA) is 54.9 Å². The molecule has 1 heterocycles. The zero-order chi connectivity index (χ0) is 13.0. The van der Waals surface area contributed by atoms with Crippen LogP contribution in [0.5, 0.6) is 0 Å². The molecular weight excluding hydrogens is 290 g/mol. The van der Waals surface area contributed by atoms with Crippen molar-refractivity contribution in [3.05, 3.63) is 34.8 Å². The molecular formula is C11H10ClN3OS2. The standard InChI is InChI=1S/C11H10ClN3OS2/c1-7(18-11-15-13-6-17-11)10(16)14-9-4-2-8(12)3-5-9/h2-7H,1H3,(H,14,16). The van der Waals surface area contributed by atoms with E-state index in [-0.39, 0.29) is 11.2 Å². The van der Waals surface area contributed by atoms with Crippen molar-refractivity contribution in [1.29, 1.82) is 0 Å². The molecule has 1 aromatic carbocycles. The molecule has 0 bridgehead atoms. The maximum Gasteiger partial charge on any atom is 0.237 e. The summed E-state index contributed by atoms with van der Waals surface area (Å²) in [5.74, 6) is -0.0717. The number of carbonyl (C=O) groups is 1. The number of aromatic nitrogens is 2. The molecule has 0 radical (unpaired) electrons. The smallest absolute Gasteiger partial charge is 0.237 e. The highest BCUT2D eigenvalue weighted by molar-refractivity contribution is 8.02. The average Bonchev–Trinajstić information content (AvgIpc) is 2.85. The van der Waals surface area contributed by atoms with Gasteiger partial charge in [-0.3, -0.25) is 4.79 Å². The Bertz CT molecular complexity index is 516. The number of nitrogens with one attached hydrogen (secondary N) is 1. The van der Waals surface area contributed by atoms with Crippen LogP contribution >= 0.6 is 34.7 Å². The fraction of sp³-hybridized carbons (Fsp3) is 0.182. The minimum atomic E-state index is -0.228. The molecule has 1 N–H and O–H groups in total. The fourth-order valence-electron chi connectivity index (χ4n) is 1.20. The molecule has 94 valence electrons. The third-order valence-electron chi connectivity index (χ3n) is 2.10. The van der Waals surface area contributed by atoms with Crippen molar-refractivity contribution < 1.29 is 4.79 Å². The van der Waals surface area contributed by atoms with Crippen LogP contribution < -0.4 is 5.32 Å². The van der Waals surface area contributed by atoms with Gasteiger partial charge in [-0.25, -0.2) is 0 Å². The largest absolute Gasteiger partial charge is 0.325 e. The van der Waals surface area contributed by atoms with Gasteiger partial charge in [0.25, 0.3) is 0 Å². The number of anilines is 1. The lowest BCUT2D eigenvalue weighted by Crippen LogP contribution is -2.22. The number of nitrogens with zero attached hydrogens (tertiary/aromatic N) is 2. The number of carbonyl (C=O) groups excluding carboxylic acids is 1. The van der Waals surface area contributed by atoms with Gasteiger partial charge in [0.15, 0.2) is 4.34 Å². The van der Waals surface area contributed by atoms with Gasteiger partial charge in [0.1, 0.15) is 5.51 Å². The lowest BCUT2D eigenvalue weighted by Gasteiger charge is -2.10. The highest BCUT2D eigenvalue weighted by atomic mass is 35.5. The maximum absolute atomic E-state index is 11.9. The third kappa shape index (κ3) is 3.69. The molecule has 2 rings (SSSR count). The Balaban J connectivity index is 1.93. The number of amides is 1. The molecule has 0 aliphatic rings. The van der Waals surface area contributed by atoms with E-state index in [1.165, 1.54) is 23.1 Å². The predicted octanol–water partition coefficient (Wildman–Crippen LogP) is 3.31. The van der Waals surface area contributed by atoms with E-state index in [1.54, 1.807) is 29.8 Å². The highest BCUT2D eigenvalue weighted by Crippen LogP contribution is 2.25. The molecule has 2 aromatic rings. The summed E-state index contributed by atoms with van der Waals surface area (Å²) in [5, 5.41) is 10.9. The van der Waals surface area contributed by atoms with Crippen LogP contribution in [-0.2, 0) is 4.79 Å². The molecule has 0 saturated heterocycles. The van der Waals surface area contributed by atoms with E-state index in [4.69, 9.17) is 11.6 Å². The lowest BCUT2D eigenvalue weighted by atomic mass is 10.3. The van der Waals surface area contributed by atoms with Crippen molar-refractivity contribution in [2.45, 2.75) is 16.5 Å². The van der Waals surface area contributed by atoms with E-state index in [0.29, 0.717) is 5.02 Å². The Morgan fingerprint density at radius 3 is 2.78 bits per heavy atom. The first-order chi connectivity index (χ1) is 8.65. The molecule has 0 aliphatic carbocycles. The summed E-state index contributed by atoms with van der Waals surface area (Å²) >= 11 is 8.58. The van der Waals surface area contributed by atoms with Crippen LogP contribution in [0, 0.1) is 0 Å². The van der Waals surface area contributed by atoms with Crippen molar-refractivity contribution >= 4 is 46.3 Å². The summed E-state index contributed by atoms with van der Waals surface area (Å²) in [4.78, 5) is 11.9. The highest BCUT2D eigenvalue weighted by Gasteiger charge is 2.16. The molecule has 0 saturated carbocycles. The number of hydrogen-bond donors (Lipinski definition) is 1. The zero-order valence-corrected chi connectivity index (χ0v) is 11.9. The number of thioether (sulfide) groups is 1. The summed E-state index contributed by atoms with van der Waals surface area (Å²) < 4.78 is 0.786. The van der Waals surface area contributed by atoms with Gasteiger partial charge >= 0.3 is 0 Å². The summed E-state index contributed by atoms with van der Waals surface area (Å²) in [6.45, 7) is 1.83. The van der Waals surface area contributed by atoms with Crippen molar-refractivity contribution in [2.24, 2.45) is 0 Å². The molecule has 1 amide bonds. The molecule has 18 heavy (non-hydrogen) atoms. The van der Waals surface area contributed by atoms with Crippen molar-refractivity contribution in [2.75, 3.05) is 5.32 Å². The summed E-state index contributed by atoms with van der Waals surface area (Å²) in [6.07, 6.45) is 0. The van der Waals surface area contributed by atoms with Crippen LogP contribution in [-0.4, -0.2) is 21.4 Å². The van der Waals surface area contributed by atoms with Crippen LogP contribution in [0.3, 0.4) is 0 Å². The molecule has 1 aromatic heterocycles. The predicted molar refractivity (Wildman–Crippen MR) is 75.3 cm³/mol. The van der Waals surface area contributed by atoms with Gasteiger partial charge in [0.2, 0.25) is 5.91 Å². The second-order valence-electron chi connectivity index (χ2n) is 3.46. The van der Waals surface area contributed by atoms with Crippen LogP contribution in [0.25, 0.3) is 0 Å². The Kier molecular flexibility index (Phi) is 4.57. The van der Waals surface area contributed by atoms with E-state index in [0.717, 1.165) is 10.0 Å². The summed E-state index contributed by atoms with van der Waals surface area (Å²) in [5.41, 5.74) is 2.38. The number of rotatable bonds is 4. The van der Waals surface area contributed by atoms with Crippen molar-refractivity contribution in [3.63, 3.8) is 0 Å². The van der Waals surface area contributed by atoms with Crippen LogP contribution in [0.1, 0.15) is 6.92 Å². The SMILES string of the molecule is CC(Sc1nncs1)C(=O)Nc1ccc(Cl)cc1. The summed E-state index contributed by atoms with van der Waals surface area (Å²) in [7, 11) is 0. The van der Waals surface area contributed by atoms with Gasteiger partial charge in [-0.1, -0.05) is 34.7 Å². The number of benzene rings is 1. The van der Waals surface area contributed by atoms with Crippen LogP contribution in [0.15, 0.2) is 34.1 Å². The van der Waals surface area contributed by atoms with E-state index in [2.05, 4.69) is 15.5 Å². The Morgan fingerprint density at radius 2 is 2.17 bits per heavy atom. The zero-order valence-electron chi connectivity index (χ0n) is 9.46. The second-order valence-corrected chi connectivity index (χ2v) is 6.32. The first-order valence-corrected chi connectivity index (χ1v) is 7.28. The average molecular weight is 300 g/mol. The Labute approximate surface area is 118 Å². The van der Waals surface area contributed by atoms with Gasteiger partial charge in [0.05, 0.1) is 5.25 Å². The normalized spacial score (nSPS) is 12.1. The van der Waals surface area contributed by atoms with Gasteiger partial charge in [0, 0.05) is 10.7 Å². The molecule has 4 nitrogen and oxygen atoms in total. The van der Waals surface area contributed by atoms with E-state index in [1.807, 2.05) is 6.92 Å². The number of halogens is 1. The van der Waals surface area contributed by atoms with E-state index >= 15 is 0 Å². The second kappa shape index (κ2) is 6.17. The van der Waals surface area contributed by atoms with Gasteiger partial charge in [-0.2, -0.15) is 0 Å². The quantitative estimate of drug-likeness (QED) is 0.880. The molecule has 7 heteroatoms. The van der Waals surface area contributed by atoms with Crippen LogP contribution in [0.4, 0.5) is 5.69 Å². The fourth-order valence-corrected chi connectivity index (χ4v) is 2.95. The monoisotopic (exact) mass is 299 g/mol. The lowest BCUT2D eigenvalue weighted by molar-refractivity contribution is -0.115. The van der Waals surface area contributed by atoms with Gasteiger partial charge in [-0.05, 0) is 31.2 Å². The molecule has 1 atom stereocenters. The minimum Gasteiger partial charge on any atom is -0.325 e. The molecule has 1 unspecified atom stereocenters. The molecule has 0 fully saturated rings. The minimum absolute atomic E-state index is 0.0717. The maximum atomic E-state index is 11.9. The van der Waals surface area contributed by atoms with Crippen LogP contribution in [0.2, 0.25) is 5.02 Å². The summed E-state index contributed by atoms with van der Waals surface area (Å²) in [6, 6.07) is 7.00. The van der Waals surface area contributed by atoms with Gasteiger partial charge in [-0.15, -0.1) is 10.2 Å². The first-order valence-electron chi connectivity index (χ1n) is 5.14. The van der Waals surface area contributed by atoms with Crippen molar-refractivity contribution in [3.8, 4) is 0 Å². The molecule has 0 spiro atoms. The Morgan fingerprint density at radius 1 is 1.44 bits per heavy atom. The van der Waals surface area contributed by atoms with E-state index < -0.39 is 0 Å². The van der Waals surface area contributed by atoms with Crippen molar-refractivity contribution in [1.82, 2.24) is 10.2 Å². The Hall–Kier alpha value is -1.11. The molecule has 0 aliphatic heterocycles. The first kappa shape index (κ1) is 13.3. The van der Waals surface area contributed by atoms with E-state index in [9.17, 15) is 4.79 Å². The number of hydrogen-bond acceptors (Lipinski definition) is 5. The third-order valence-corrected chi connectivity index (χ3v) is 4.26. The van der Waals surface area contributed by atoms with Gasteiger partial charge < -0.3 is 5.32 Å².